The quantitative estimate of drug-likeness (QED) is 0.917. The molecule has 0 spiro atoms. The van der Waals surface area contributed by atoms with Crippen LogP contribution in [-0.2, 0) is 4.79 Å². The number of tetrazole rings is 1. The third-order valence-electron chi connectivity index (χ3n) is 2.89. The van der Waals surface area contributed by atoms with Crippen LogP contribution in [-0.4, -0.2) is 31.3 Å². The Kier molecular flexibility index (Phi) is 4.57. The highest BCUT2D eigenvalue weighted by Gasteiger charge is 2.21. The van der Waals surface area contributed by atoms with Crippen LogP contribution >= 0.6 is 23.2 Å². The SMILES string of the molecule is CCC(CC(=O)O)n1nnnc1-c1cc(Cl)ccc1Cl. The number of carbonyl (C=O) groups is 1. The normalized spacial score (nSPS) is 12.3. The molecule has 1 aromatic carbocycles. The third-order valence-corrected chi connectivity index (χ3v) is 3.45. The maximum Gasteiger partial charge on any atom is 0.305 e. The molecule has 1 unspecified atom stereocenters. The predicted molar refractivity (Wildman–Crippen MR) is 74.9 cm³/mol. The molecule has 8 heteroatoms. The van der Waals surface area contributed by atoms with E-state index in [4.69, 9.17) is 28.3 Å². The van der Waals surface area contributed by atoms with E-state index in [0.29, 0.717) is 27.9 Å². The molecule has 20 heavy (non-hydrogen) atoms. The molecule has 0 aliphatic heterocycles. The maximum atomic E-state index is 10.9. The molecular formula is C12H12Cl2N4O2. The fraction of sp³-hybridized carbons (Fsp3) is 0.333. The number of hydrogen-bond donors (Lipinski definition) is 1. The average Bonchev–Trinajstić information content (AvgIpc) is 2.87. The number of carboxylic acid groups (broad SMARTS) is 1. The Labute approximate surface area is 125 Å². The van der Waals surface area contributed by atoms with E-state index in [2.05, 4.69) is 15.5 Å². The third kappa shape index (κ3) is 3.08. The number of aromatic nitrogens is 4. The Morgan fingerprint density at radius 3 is 2.85 bits per heavy atom. The van der Waals surface area contributed by atoms with E-state index in [9.17, 15) is 4.79 Å². The predicted octanol–water partition coefficient (Wildman–Crippen LogP) is 3.07. The molecule has 0 bridgehead atoms. The minimum Gasteiger partial charge on any atom is -0.481 e. The Morgan fingerprint density at radius 2 is 2.20 bits per heavy atom. The van der Waals surface area contributed by atoms with Gasteiger partial charge in [0, 0.05) is 10.6 Å². The molecule has 1 atom stereocenters. The first kappa shape index (κ1) is 14.7. The average molecular weight is 315 g/mol. The zero-order valence-electron chi connectivity index (χ0n) is 10.6. The van der Waals surface area contributed by atoms with E-state index in [1.807, 2.05) is 6.92 Å². The highest BCUT2D eigenvalue weighted by molar-refractivity contribution is 6.35. The molecule has 0 amide bonds. The number of rotatable bonds is 5. The van der Waals surface area contributed by atoms with Gasteiger partial charge in [-0.25, -0.2) is 4.68 Å². The smallest absolute Gasteiger partial charge is 0.305 e. The molecule has 2 aromatic rings. The molecule has 0 radical (unpaired) electrons. The van der Waals surface area contributed by atoms with Crippen molar-refractivity contribution in [3.8, 4) is 11.4 Å². The minimum absolute atomic E-state index is 0.0628. The second kappa shape index (κ2) is 6.19. The van der Waals surface area contributed by atoms with Gasteiger partial charge in [0.15, 0.2) is 5.82 Å². The van der Waals surface area contributed by atoms with Crippen LogP contribution in [0, 0.1) is 0 Å². The van der Waals surface area contributed by atoms with Crippen molar-refractivity contribution in [1.29, 1.82) is 0 Å². The van der Waals surface area contributed by atoms with Crippen LogP contribution in [0.3, 0.4) is 0 Å². The summed E-state index contributed by atoms with van der Waals surface area (Å²) in [6, 6.07) is 4.62. The van der Waals surface area contributed by atoms with Gasteiger partial charge in [-0.3, -0.25) is 4.79 Å². The summed E-state index contributed by atoms with van der Waals surface area (Å²) in [5.74, 6) is -0.499. The Bertz CT molecular complexity index is 630. The van der Waals surface area contributed by atoms with Crippen molar-refractivity contribution in [2.75, 3.05) is 0 Å². The van der Waals surface area contributed by atoms with Crippen molar-refractivity contribution in [2.24, 2.45) is 0 Å². The summed E-state index contributed by atoms with van der Waals surface area (Å²) < 4.78 is 1.48. The lowest BCUT2D eigenvalue weighted by Gasteiger charge is -2.14. The summed E-state index contributed by atoms with van der Waals surface area (Å²) in [5, 5.41) is 21.3. The van der Waals surface area contributed by atoms with Gasteiger partial charge in [0.05, 0.1) is 17.5 Å². The summed E-state index contributed by atoms with van der Waals surface area (Å²) in [6.45, 7) is 1.87. The van der Waals surface area contributed by atoms with Crippen LogP contribution in [0.4, 0.5) is 0 Å². The van der Waals surface area contributed by atoms with Gasteiger partial charge in [0.1, 0.15) is 0 Å². The highest BCUT2D eigenvalue weighted by atomic mass is 35.5. The molecule has 1 N–H and O–H groups in total. The summed E-state index contributed by atoms with van der Waals surface area (Å²) in [6.07, 6.45) is 0.523. The molecule has 6 nitrogen and oxygen atoms in total. The standard InChI is InChI=1S/C12H12Cl2N4O2/c1-2-8(6-11(19)20)18-12(15-16-17-18)9-5-7(13)3-4-10(9)14/h3-5,8H,2,6H2,1H3,(H,19,20). The molecule has 0 aliphatic rings. The topological polar surface area (TPSA) is 80.9 Å². The van der Waals surface area contributed by atoms with Crippen LogP contribution in [0.1, 0.15) is 25.8 Å². The van der Waals surface area contributed by atoms with Crippen molar-refractivity contribution >= 4 is 29.2 Å². The van der Waals surface area contributed by atoms with Crippen molar-refractivity contribution in [2.45, 2.75) is 25.8 Å². The first-order chi connectivity index (χ1) is 9.52. The zero-order chi connectivity index (χ0) is 14.7. The zero-order valence-corrected chi connectivity index (χ0v) is 12.1. The van der Waals surface area contributed by atoms with Crippen molar-refractivity contribution in [3.63, 3.8) is 0 Å². The highest BCUT2D eigenvalue weighted by Crippen LogP contribution is 2.31. The van der Waals surface area contributed by atoms with E-state index in [1.54, 1.807) is 18.2 Å². The summed E-state index contributed by atoms with van der Waals surface area (Å²) >= 11 is 12.1. The Balaban J connectivity index is 2.46. The number of aliphatic carboxylic acids is 1. The van der Waals surface area contributed by atoms with Crippen LogP contribution < -0.4 is 0 Å². The number of benzene rings is 1. The van der Waals surface area contributed by atoms with Gasteiger partial charge in [-0.1, -0.05) is 30.1 Å². The van der Waals surface area contributed by atoms with Crippen LogP contribution in [0.2, 0.25) is 10.0 Å². The molecule has 1 heterocycles. The van der Waals surface area contributed by atoms with Crippen molar-refractivity contribution < 1.29 is 9.90 Å². The van der Waals surface area contributed by atoms with E-state index >= 15 is 0 Å². The molecular weight excluding hydrogens is 303 g/mol. The monoisotopic (exact) mass is 314 g/mol. The number of nitrogens with zero attached hydrogens (tertiary/aromatic N) is 4. The van der Waals surface area contributed by atoms with E-state index in [0.717, 1.165) is 0 Å². The Hall–Kier alpha value is -1.66. The lowest BCUT2D eigenvalue weighted by Crippen LogP contribution is -2.15. The molecule has 0 saturated carbocycles. The molecule has 1 aromatic heterocycles. The van der Waals surface area contributed by atoms with Gasteiger partial charge >= 0.3 is 5.97 Å². The van der Waals surface area contributed by atoms with E-state index < -0.39 is 5.97 Å². The molecule has 106 valence electrons. The fourth-order valence-electron chi connectivity index (χ4n) is 1.89. The second-order valence-corrected chi connectivity index (χ2v) is 5.07. The number of hydrogen-bond acceptors (Lipinski definition) is 4. The van der Waals surface area contributed by atoms with E-state index in [1.165, 1.54) is 4.68 Å². The van der Waals surface area contributed by atoms with Gasteiger partial charge in [-0.2, -0.15) is 0 Å². The fourth-order valence-corrected chi connectivity index (χ4v) is 2.27. The van der Waals surface area contributed by atoms with Crippen LogP contribution in [0.15, 0.2) is 18.2 Å². The molecule has 2 rings (SSSR count). The molecule has 0 saturated heterocycles. The van der Waals surface area contributed by atoms with Gasteiger partial charge in [0.25, 0.3) is 0 Å². The molecule has 0 fully saturated rings. The lowest BCUT2D eigenvalue weighted by molar-refractivity contribution is -0.138. The number of carboxylic acids is 1. The molecule has 0 aliphatic carbocycles. The summed E-state index contributed by atoms with van der Waals surface area (Å²) in [4.78, 5) is 10.9. The van der Waals surface area contributed by atoms with Gasteiger partial charge in [-0.15, -0.1) is 5.10 Å². The van der Waals surface area contributed by atoms with Gasteiger partial charge in [-0.05, 0) is 35.0 Å². The van der Waals surface area contributed by atoms with Crippen molar-refractivity contribution in [3.05, 3.63) is 28.2 Å². The Morgan fingerprint density at radius 1 is 1.45 bits per heavy atom. The summed E-state index contributed by atoms with van der Waals surface area (Å²) in [5.41, 5.74) is 0.577. The van der Waals surface area contributed by atoms with Gasteiger partial charge < -0.3 is 5.11 Å². The first-order valence-corrected chi connectivity index (χ1v) is 6.73. The lowest BCUT2D eigenvalue weighted by atomic mass is 10.1. The van der Waals surface area contributed by atoms with E-state index in [-0.39, 0.29) is 12.5 Å². The van der Waals surface area contributed by atoms with Crippen LogP contribution in [0.5, 0.6) is 0 Å². The number of halogens is 2. The maximum absolute atomic E-state index is 10.9. The van der Waals surface area contributed by atoms with Gasteiger partial charge in [0.2, 0.25) is 0 Å². The van der Waals surface area contributed by atoms with Crippen LogP contribution in [0.25, 0.3) is 11.4 Å². The van der Waals surface area contributed by atoms with Crippen molar-refractivity contribution in [1.82, 2.24) is 20.2 Å². The minimum atomic E-state index is -0.907. The summed E-state index contributed by atoms with van der Waals surface area (Å²) in [7, 11) is 0. The largest absolute Gasteiger partial charge is 0.481 e. The second-order valence-electron chi connectivity index (χ2n) is 4.23. The first-order valence-electron chi connectivity index (χ1n) is 5.98.